The Hall–Kier alpha value is -1.91. The van der Waals surface area contributed by atoms with Crippen LogP contribution in [0.1, 0.15) is 17.4 Å². The number of fused-ring (bicyclic) bond motifs is 1. The van der Waals surface area contributed by atoms with E-state index < -0.39 is 5.97 Å². The number of carbonyl (C=O) groups excluding carboxylic acids is 1. The third-order valence-corrected chi connectivity index (χ3v) is 1.75. The van der Waals surface area contributed by atoms with Crippen LogP contribution in [-0.4, -0.2) is 27.5 Å². The molecule has 5 heteroatoms. The molecule has 0 aromatic carbocycles. The summed E-state index contributed by atoms with van der Waals surface area (Å²) in [6, 6.07) is 1.76. The van der Waals surface area contributed by atoms with E-state index >= 15 is 0 Å². The smallest absolute Gasteiger partial charge is 0.358 e. The second-order valence-electron chi connectivity index (χ2n) is 2.69. The first kappa shape index (κ1) is 8.68. The van der Waals surface area contributed by atoms with E-state index in [0.29, 0.717) is 17.8 Å². The predicted octanol–water partition coefficient (Wildman–Crippen LogP) is 1.13. The molecule has 0 bridgehead atoms. The van der Waals surface area contributed by atoms with Gasteiger partial charge in [-0.1, -0.05) is 0 Å². The van der Waals surface area contributed by atoms with Gasteiger partial charge in [0, 0.05) is 6.20 Å². The monoisotopic (exact) mass is 191 g/mol. The summed E-state index contributed by atoms with van der Waals surface area (Å²) >= 11 is 0. The van der Waals surface area contributed by atoms with Crippen molar-refractivity contribution in [2.75, 3.05) is 6.61 Å². The Labute approximate surface area is 80.1 Å². The number of hydrogen-bond acceptors (Lipinski definition) is 4. The average molecular weight is 191 g/mol. The molecule has 0 saturated carbocycles. The molecule has 2 aromatic heterocycles. The fourth-order valence-corrected chi connectivity index (χ4v) is 1.13. The van der Waals surface area contributed by atoms with Crippen LogP contribution in [0.3, 0.4) is 0 Å². The number of rotatable bonds is 2. The molecular formula is C9H9N3O2. The molecule has 0 aliphatic heterocycles. The van der Waals surface area contributed by atoms with Gasteiger partial charge in [-0.25, -0.2) is 14.8 Å². The second kappa shape index (κ2) is 3.45. The minimum absolute atomic E-state index is 0.235. The Morgan fingerprint density at radius 1 is 1.64 bits per heavy atom. The zero-order valence-corrected chi connectivity index (χ0v) is 7.65. The van der Waals surface area contributed by atoms with Crippen molar-refractivity contribution in [2.24, 2.45) is 0 Å². The first-order valence-corrected chi connectivity index (χ1v) is 4.28. The lowest BCUT2D eigenvalue weighted by Gasteiger charge is -1.99. The molecule has 5 nitrogen and oxygen atoms in total. The molecule has 2 rings (SSSR count). The zero-order chi connectivity index (χ0) is 9.97. The van der Waals surface area contributed by atoms with E-state index in [9.17, 15) is 4.79 Å². The highest BCUT2D eigenvalue weighted by molar-refractivity contribution is 5.88. The largest absolute Gasteiger partial charge is 0.461 e. The standard InChI is InChI=1S/C9H9N3O2/c1-2-14-9(13)7-5-11-8-6(12-7)3-4-10-8/h3-5H,2H2,1H3,(H,10,11). The Bertz CT molecular complexity index is 464. The second-order valence-corrected chi connectivity index (χ2v) is 2.69. The van der Waals surface area contributed by atoms with Crippen LogP contribution in [0.25, 0.3) is 11.2 Å². The number of aromatic amines is 1. The van der Waals surface area contributed by atoms with Gasteiger partial charge in [0.1, 0.15) is 5.52 Å². The number of esters is 1. The lowest BCUT2D eigenvalue weighted by Crippen LogP contribution is -2.07. The Morgan fingerprint density at radius 3 is 3.29 bits per heavy atom. The molecule has 2 aromatic rings. The van der Waals surface area contributed by atoms with E-state index in [1.165, 1.54) is 6.20 Å². The maximum atomic E-state index is 11.3. The number of ether oxygens (including phenoxy) is 1. The normalized spacial score (nSPS) is 10.4. The van der Waals surface area contributed by atoms with Crippen LogP contribution in [0.5, 0.6) is 0 Å². The molecule has 14 heavy (non-hydrogen) atoms. The van der Waals surface area contributed by atoms with Gasteiger partial charge >= 0.3 is 5.97 Å². The third-order valence-electron chi connectivity index (χ3n) is 1.75. The van der Waals surface area contributed by atoms with Gasteiger partial charge in [0.05, 0.1) is 12.8 Å². The molecule has 0 fully saturated rings. The molecule has 0 saturated heterocycles. The van der Waals surface area contributed by atoms with E-state index in [0.717, 1.165) is 0 Å². The fourth-order valence-electron chi connectivity index (χ4n) is 1.13. The molecule has 0 aliphatic carbocycles. The van der Waals surface area contributed by atoms with E-state index in [2.05, 4.69) is 15.0 Å². The van der Waals surface area contributed by atoms with Gasteiger partial charge in [0.15, 0.2) is 11.3 Å². The molecule has 0 amide bonds. The summed E-state index contributed by atoms with van der Waals surface area (Å²) < 4.78 is 4.80. The molecule has 72 valence electrons. The molecular weight excluding hydrogens is 182 g/mol. The number of carbonyl (C=O) groups is 1. The topological polar surface area (TPSA) is 67.9 Å². The van der Waals surface area contributed by atoms with Crippen LogP contribution >= 0.6 is 0 Å². The summed E-state index contributed by atoms with van der Waals surface area (Å²) in [6.45, 7) is 2.09. The number of nitrogens with zero attached hydrogens (tertiary/aromatic N) is 2. The van der Waals surface area contributed by atoms with Crippen LogP contribution in [0, 0.1) is 0 Å². The summed E-state index contributed by atoms with van der Waals surface area (Å²) in [6.07, 6.45) is 3.12. The maximum absolute atomic E-state index is 11.3. The van der Waals surface area contributed by atoms with Gasteiger partial charge in [-0.15, -0.1) is 0 Å². The predicted molar refractivity (Wildman–Crippen MR) is 49.8 cm³/mol. The van der Waals surface area contributed by atoms with Crippen LogP contribution in [0.4, 0.5) is 0 Å². The SMILES string of the molecule is CCOC(=O)c1cnc2[nH]ccc2n1. The Balaban J connectivity index is 2.38. The fraction of sp³-hybridized carbons (Fsp3) is 0.222. The van der Waals surface area contributed by atoms with Crippen molar-refractivity contribution < 1.29 is 9.53 Å². The summed E-state index contributed by atoms with van der Waals surface area (Å²) in [5.41, 5.74) is 1.56. The average Bonchev–Trinajstić information content (AvgIpc) is 2.64. The first-order valence-electron chi connectivity index (χ1n) is 4.28. The lowest BCUT2D eigenvalue weighted by atomic mass is 10.4. The van der Waals surface area contributed by atoms with Gasteiger partial charge in [0.25, 0.3) is 0 Å². The van der Waals surface area contributed by atoms with Gasteiger partial charge < -0.3 is 9.72 Å². The molecule has 0 aliphatic rings. The summed E-state index contributed by atoms with van der Waals surface area (Å²) in [5, 5.41) is 0. The number of nitrogens with one attached hydrogen (secondary N) is 1. The molecule has 0 atom stereocenters. The van der Waals surface area contributed by atoms with Crippen molar-refractivity contribution in [3.8, 4) is 0 Å². The highest BCUT2D eigenvalue weighted by Crippen LogP contribution is 2.07. The van der Waals surface area contributed by atoms with Gasteiger partial charge in [-0.3, -0.25) is 0 Å². The van der Waals surface area contributed by atoms with Crippen molar-refractivity contribution in [2.45, 2.75) is 6.92 Å². The summed E-state index contributed by atoms with van der Waals surface area (Å²) in [5.74, 6) is -0.442. The maximum Gasteiger partial charge on any atom is 0.358 e. The van der Waals surface area contributed by atoms with Crippen molar-refractivity contribution in [1.29, 1.82) is 0 Å². The molecule has 0 spiro atoms. The highest BCUT2D eigenvalue weighted by Gasteiger charge is 2.09. The lowest BCUT2D eigenvalue weighted by molar-refractivity contribution is 0.0519. The van der Waals surface area contributed by atoms with Crippen molar-refractivity contribution in [3.63, 3.8) is 0 Å². The number of H-pyrrole nitrogens is 1. The summed E-state index contributed by atoms with van der Waals surface area (Å²) in [4.78, 5) is 22.3. The minimum atomic E-state index is -0.442. The van der Waals surface area contributed by atoms with Gasteiger partial charge in [0.2, 0.25) is 0 Å². The number of hydrogen-bond donors (Lipinski definition) is 1. The molecule has 0 radical (unpaired) electrons. The van der Waals surface area contributed by atoms with Crippen LogP contribution in [0.15, 0.2) is 18.5 Å². The minimum Gasteiger partial charge on any atom is -0.461 e. The molecule has 1 N–H and O–H groups in total. The zero-order valence-electron chi connectivity index (χ0n) is 7.65. The summed E-state index contributed by atoms with van der Waals surface area (Å²) in [7, 11) is 0. The first-order chi connectivity index (χ1) is 6.81. The van der Waals surface area contributed by atoms with E-state index in [1.807, 2.05) is 0 Å². The van der Waals surface area contributed by atoms with Crippen LogP contribution < -0.4 is 0 Å². The van der Waals surface area contributed by atoms with Crippen molar-refractivity contribution >= 4 is 17.1 Å². The van der Waals surface area contributed by atoms with Gasteiger partial charge in [-0.2, -0.15) is 0 Å². The van der Waals surface area contributed by atoms with Crippen LogP contribution in [-0.2, 0) is 4.74 Å². The van der Waals surface area contributed by atoms with Crippen LogP contribution in [0.2, 0.25) is 0 Å². The quantitative estimate of drug-likeness (QED) is 0.722. The highest BCUT2D eigenvalue weighted by atomic mass is 16.5. The van der Waals surface area contributed by atoms with Gasteiger partial charge in [-0.05, 0) is 13.0 Å². The Kier molecular flexibility index (Phi) is 2.14. The molecule has 2 heterocycles. The van der Waals surface area contributed by atoms with Crippen molar-refractivity contribution in [1.82, 2.24) is 15.0 Å². The van der Waals surface area contributed by atoms with E-state index in [4.69, 9.17) is 4.74 Å². The van der Waals surface area contributed by atoms with E-state index in [-0.39, 0.29) is 5.69 Å². The van der Waals surface area contributed by atoms with E-state index in [1.54, 1.807) is 19.2 Å². The number of aromatic nitrogens is 3. The third kappa shape index (κ3) is 1.44. The van der Waals surface area contributed by atoms with Crippen molar-refractivity contribution in [3.05, 3.63) is 24.2 Å². The molecule has 0 unspecified atom stereocenters. The Morgan fingerprint density at radius 2 is 2.50 bits per heavy atom.